The van der Waals surface area contributed by atoms with E-state index in [0.717, 1.165) is 71.1 Å². The number of ether oxygens (including phenoxy) is 6. The molecule has 3 rings (SSSR count). The molecule has 18 unspecified atom stereocenters. The van der Waals surface area contributed by atoms with Crippen LogP contribution in [0.3, 0.4) is 0 Å². The summed E-state index contributed by atoms with van der Waals surface area (Å²) in [6.45, 7) is 2.22. The number of nitrogens with one attached hydrogen (secondary N) is 2. The summed E-state index contributed by atoms with van der Waals surface area (Å²) in [5.41, 5.74) is 0. The van der Waals surface area contributed by atoms with E-state index < -0.39 is 148 Å². The van der Waals surface area contributed by atoms with Gasteiger partial charge in [-0.1, -0.05) is 244 Å². The van der Waals surface area contributed by atoms with E-state index in [2.05, 4.69) is 48.8 Å². The lowest BCUT2D eigenvalue weighted by Crippen LogP contribution is -2.70. The van der Waals surface area contributed by atoms with E-state index in [4.69, 9.17) is 28.4 Å². The minimum absolute atomic E-state index is 0.219. The lowest BCUT2D eigenvalue weighted by atomic mass is 9.88. The van der Waals surface area contributed by atoms with Crippen molar-refractivity contribution in [3.05, 3.63) is 24.3 Å². The van der Waals surface area contributed by atoms with Crippen molar-refractivity contribution >= 4 is 17.8 Å². The van der Waals surface area contributed by atoms with Crippen molar-refractivity contribution in [2.75, 3.05) is 26.4 Å². The quantitative estimate of drug-likeness (QED) is 0.0201. The van der Waals surface area contributed by atoms with Crippen molar-refractivity contribution in [3.8, 4) is 0 Å². The average molecular weight is 1380 g/mol. The maximum Gasteiger partial charge on any atom is 0.364 e. The summed E-state index contributed by atoms with van der Waals surface area (Å²) in [6, 6.07) is -2.53. The summed E-state index contributed by atoms with van der Waals surface area (Å²) in [5, 5.41) is 136. The molecular formula is C73H134N2O21. The molecule has 0 aliphatic carbocycles. The summed E-state index contributed by atoms with van der Waals surface area (Å²) < 4.78 is 34.9. The summed E-state index contributed by atoms with van der Waals surface area (Å²) >= 11 is 0. The maximum atomic E-state index is 13.5. The van der Waals surface area contributed by atoms with Gasteiger partial charge in [-0.2, -0.15) is 0 Å². The topological polar surface area (TPSA) is 373 Å². The first-order valence-corrected chi connectivity index (χ1v) is 37.7. The monoisotopic (exact) mass is 1370 g/mol. The van der Waals surface area contributed by atoms with Crippen LogP contribution in [-0.2, 0) is 42.8 Å². The highest BCUT2D eigenvalue weighted by atomic mass is 16.8. The Morgan fingerprint density at radius 3 is 1.46 bits per heavy atom. The minimum atomic E-state index is -3.08. The Kier molecular flexibility index (Phi) is 48.3. The van der Waals surface area contributed by atoms with Gasteiger partial charge in [0.15, 0.2) is 12.6 Å². The van der Waals surface area contributed by atoms with Crippen LogP contribution in [0.4, 0.5) is 0 Å². The fourth-order valence-corrected chi connectivity index (χ4v) is 13.2. The number of aliphatic hydroxyl groups is 11. The smallest absolute Gasteiger partial charge is 0.364 e. The van der Waals surface area contributed by atoms with Crippen molar-refractivity contribution < 1.29 is 104 Å². The van der Waals surface area contributed by atoms with Crippen LogP contribution in [0.15, 0.2) is 24.3 Å². The van der Waals surface area contributed by atoms with Gasteiger partial charge in [0.1, 0.15) is 67.1 Å². The number of amides is 2. The number of hydrogen-bond acceptors (Lipinski definition) is 20. The molecule has 0 aromatic rings. The van der Waals surface area contributed by atoms with Crippen LogP contribution in [0, 0.1) is 0 Å². The Balaban J connectivity index is 1.54. The molecule has 18 atom stereocenters. The van der Waals surface area contributed by atoms with E-state index in [1.165, 1.54) is 167 Å². The summed E-state index contributed by atoms with van der Waals surface area (Å²) in [6.07, 6.45) is 26.0. The largest absolute Gasteiger partial charge is 0.477 e. The molecule has 23 heteroatoms. The fourth-order valence-electron chi connectivity index (χ4n) is 13.2. The van der Waals surface area contributed by atoms with Gasteiger partial charge in [-0.25, -0.2) is 4.79 Å². The molecule has 3 saturated heterocycles. The van der Waals surface area contributed by atoms with Gasteiger partial charge in [-0.3, -0.25) is 9.59 Å². The molecule has 3 fully saturated rings. The summed E-state index contributed by atoms with van der Waals surface area (Å²) in [7, 11) is 0. The highest BCUT2D eigenvalue weighted by Crippen LogP contribution is 2.39. The van der Waals surface area contributed by atoms with Crippen molar-refractivity contribution in [3.63, 3.8) is 0 Å². The van der Waals surface area contributed by atoms with Gasteiger partial charge in [0, 0.05) is 19.8 Å². The lowest BCUT2D eigenvalue weighted by molar-refractivity contribution is -0.386. The Morgan fingerprint density at radius 2 is 1.00 bits per heavy atom. The van der Waals surface area contributed by atoms with Crippen LogP contribution in [0.2, 0.25) is 0 Å². The number of unbranched alkanes of at least 4 members (excludes halogenated alkanes) is 34. The summed E-state index contributed by atoms with van der Waals surface area (Å²) in [5.74, 6) is -6.10. The molecule has 0 aromatic carbocycles. The first-order valence-electron chi connectivity index (χ1n) is 37.7. The molecule has 0 spiro atoms. The minimum Gasteiger partial charge on any atom is -0.477 e. The lowest BCUT2D eigenvalue weighted by Gasteiger charge is -2.50. The van der Waals surface area contributed by atoms with Crippen LogP contribution in [-0.4, -0.2) is 215 Å². The molecule has 0 aromatic heterocycles. The predicted octanol–water partition coefficient (Wildman–Crippen LogP) is 8.40. The predicted molar refractivity (Wildman–Crippen MR) is 366 cm³/mol. The number of allylic oxidation sites excluding steroid dienone is 4. The van der Waals surface area contributed by atoms with Crippen molar-refractivity contribution in [1.29, 1.82) is 0 Å². The van der Waals surface area contributed by atoms with Gasteiger partial charge in [0.2, 0.25) is 11.8 Å². The second-order valence-corrected chi connectivity index (χ2v) is 27.5. The molecular weight excluding hydrogens is 1240 g/mol. The number of rotatable bonds is 58. The molecule has 0 bridgehead atoms. The zero-order valence-electron chi connectivity index (χ0n) is 59.0. The van der Waals surface area contributed by atoms with Gasteiger partial charge in [-0.15, -0.1) is 0 Å². The van der Waals surface area contributed by atoms with Crippen LogP contribution in [0.5, 0.6) is 0 Å². The third-order valence-electron chi connectivity index (χ3n) is 19.2. The molecule has 96 heavy (non-hydrogen) atoms. The SMILES string of the molecule is CCCCCCCCCCC/C=C\C/C=C\CCCCCCCCCCCC(=O)NC(COC1OC(CO)C(OC2OC(CO)C(O)C(OC3(C(=O)O)CC(O)C(NC(C)=O)C(C(O)C(O)CO)O3)C2O)C(O)C1O)C(O)CCCCCCCCCCCCCCCCCCC. The standard InChI is InChI=1S/C73H134N2O21/c1-4-6-8-10-12-14-16-18-20-22-23-24-25-26-27-28-29-31-33-35-37-39-41-43-45-47-60(83)75-54(55(80)46-44-42-40-38-36-34-32-30-21-19-17-15-13-11-9-7-5-2)52-91-70-65(87)64(86)67(59(51-78)93-70)94-71-66(88)69(63(85)58(50-77)92-71)96-73(72(89)90)48-56(81)61(74-53(3)79)68(95-73)62(84)57(82)49-76/h23-24,26-27,54-59,61-71,76-78,80-82,84-88H,4-22,25,28-52H2,1-3H3,(H,74,79)(H,75,83)(H,89,90)/b24-23-,27-26-. The first-order chi connectivity index (χ1) is 46.4. The van der Waals surface area contributed by atoms with E-state index in [1.807, 2.05) is 0 Å². The normalized spacial score (nSPS) is 27.7. The van der Waals surface area contributed by atoms with Crippen molar-refractivity contribution in [1.82, 2.24) is 10.6 Å². The van der Waals surface area contributed by atoms with Crippen LogP contribution >= 0.6 is 0 Å². The van der Waals surface area contributed by atoms with E-state index >= 15 is 0 Å². The second-order valence-electron chi connectivity index (χ2n) is 27.5. The number of carbonyl (C=O) groups is 3. The highest BCUT2D eigenvalue weighted by Gasteiger charge is 2.60. The Bertz CT molecular complexity index is 2030. The number of aliphatic carboxylic acids is 1. The first kappa shape index (κ1) is 87.4. The molecule has 0 radical (unpaired) electrons. The summed E-state index contributed by atoms with van der Waals surface area (Å²) in [4.78, 5) is 38.6. The van der Waals surface area contributed by atoms with Crippen LogP contribution in [0.25, 0.3) is 0 Å². The van der Waals surface area contributed by atoms with Gasteiger partial charge in [-0.05, 0) is 44.9 Å². The Morgan fingerprint density at radius 1 is 0.542 bits per heavy atom. The molecule has 3 aliphatic rings. The average Bonchev–Trinajstić information content (AvgIpc) is 0.758. The Hall–Kier alpha value is -2.79. The van der Waals surface area contributed by atoms with Crippen LogP contribution < -0.4 is 10.6 Å². The van der Waals surface area contributed by atoms with Crippen molar-refractivity contribution in [2.24, 2.45) is 0 Å². The highest BCUT2D eigenvalue weighted by molar-refractivity contribution is 5.77. The van der Waals surface area contributed by atoms with Gasteiger partial charge in [0.25, 0.3) is 5.79 Å². The molecule has 3 aliphatic heterocycles. The number of aliphatic hydroxyl groups excluding tert-OH is 11. The zero-order chi connectivity index (χ0) is 70.4. The number of carbonyl (C=O) groups excluding carboxylic acids is 2. The molecule has 23 nitrogen and oxygen atoms in total. The van der Waals surface area contributed by atoms with Gasteiger partial charge < -0.3 is 100 Å². The van der Waals surface area contributed by atoms with E-state index in [0.29, 0.717) is 19.3 Å². The van der Waals surface area contributed by atoms with E-state index in [9.17, 15) is 75.7 Å². The van der Waals surface area contributed by atoms with Gasteiger partial charge >= 0.3 is 5.97 Å². The molecule has 562 valence electrons. The maximum absolute atomic E-state index is 13.5. The number of carboxylic acids is 1. The van der Waals surface area contributed by atoms with Crippen LogP contribution in [0.1, 0.15) is 284 Å². The fraction of sp³-hybridized carbons (Fsp3) is 0.904. The molecule has 14 N–H and O–H groups in total. The van der Waals surface area contributed by atoms with Gasteiger partial charge in [0.05, 0.1) is 50.7 Å². The molecule has 3 heterocycles. The Labute approximate surface area is 574 Å². The van der Waals surface area contributed by atoms with Crippen molar-refractivity contribution in [2.45, 2.75) is 394 Å². The van der Waals surface area contributed by atoms with E-state index in [1.54, 1.807) is 0 Å². The third-order valence-corrected chi connectivity index (χ3v) is 19.2. The second kappa shape index (κ2) is 53.1. The number of hydrogen-bond donors (Lipinski definition) is 14. The number of carboxylic acid groups (broad SMARTS) is 1. The van der Waals surface area contributed by atoms with E-state index in [-0.39, 0.29) is 18.9 Å². The molecule has 2 amide bonds. The zero-order valence-corrected chi connectivity index (χ0v) is 59.0. The third kappa shape index (κ3) is 34.3. The molecule has 0 saturated carbocycles.